The molecule has 1 aliphatic carbocycles. The molecule has 0 bridgehead atoms. The number of pyridine rings is 2. The van der Waals surface area contributed by atoms with Crippen molar-refractivity contribution in [1.82, 2.24) is 19.9 Å². The van der Waals surface area contributed by atoms with Gasteiger partial charge in [0.15, 0.2) is 0 Å². The van der Waals surface area contributed by atoms with E-state index in [1.165, 1.54) is 36.7 Å². The van der Waals surface area contributed by atoms with Crippen LogP contribution in [-0.4, -0.2) is 43.4 Å². The molecule has 7 nitrogen and oxygen atoms in total. The fourth-order valence-electron chi connectivity index (χ4n) is 3.47. The number of halogens is 1. The quantitative estimate of drug-likeness (QED) is 0.361. The molecule has 32 heavy (non-hydrogen) atoms. The molecular formula is C22H21FN6OS2. The molecule has 4 aromatic heterocycles. The number of nitrogens with zero attached hydrogens (tertiary/aromatic N) is 4. The maximum atomic E-state index is 14.7. The standard InChI is InChI=1S/C22H21FN6OS2/c23-15-5-2-6-25-19(15)14-9-16(12-10-27-22(28-11-12)26-7-8-30)29-20-17(14)18(24)21(32-20)31-13-3-1-4-13/h2,5-6,9-11,13,30H,1,3-4,7-8,24H2,(H,26,27,28). The van der Waals surface area contributed by atoms with Gasteiger partial charge in [0.2, 0.25) is 5.95 Å². The van der Waals surface area contributed by atoms with Crippen LogP contribution in [0.5, 0.6) is 0 Å². The third kappa shape index (κ3) is 4.01. The predicted octanol–water partition coefficient (Wildman–Crippen LogP) is 4.59. The van der Waals surface area contributed by atoms with Crippen LogP contribution < -0.4 is 11.1 Å². The van der Waals surface area contributed by atoms with Crippen molar-refractivity contribution in [2.75, 3.05) is 24.2 Å². The van der Waals surface area contributed by atoms with Crippen LogP contribution in [0.1, 0.15) is 19.3 Å². The highest BCUT2D eigenvalue weighted by atomic mass is 32.2. The van der Waals surface area contributed by atoms with Crippen molar-refractivity contribution in [2.24, 2.45) is 0 Å². The van der Waals surface area contributed by atoms with Gasteiger partial charge in [-0.05, 0) is 31.0 Å². The first-order chi connectivity index (χ1) is 15.6. The van der Waals surface area contributed by atoms with Crippen LogP contribution in [-0.2, 0) is 0 Å². The number of nitrogens with one attached hydrogen (secondary N) is 1. The van der Waals surface area contributed by atoms with E-state index in [9.17, 15) is 4.39 Å². The number of anilines is 2. The lowest BCUT2D eigenvalue weighted by atomic mass is 10.0. The lowest BCUT2D eigenvalue weighted by molar-refractivity contribution is 0.311. The molecule has 1 aliphatic rings. The van der Waals surface area contributed by atoms with Crippen LogP contribution >= 0.6 is 23.1 Å². The summed E-state index contributed by atoms with van der Waals surface area (Å²) in [7, 11) is 0. The van der Waals surface area contributed by atoms with Crippen LogP contribution in [0.2, 0.25) is 0 Å². The van der Waals surface area contributed by atoms with Gasteiger partial charge >= 0.3 is 0 Å². The molecule has 1 saturated carbocycles. The third-order valence-electron chi connectivity index (χ3n) is 5.35. The van der Waals surface area contributed by atoms with E-state index >= 15 is 0 Å². The topological polar surface area (TPSA) is 110 Å². The minimum Gasteiger partial charge on any atom is -0.397 e. The lowest BCUT2D eigenvalue weighted by Gasteiger charge is -2.23. The Morgan fingerprint density at radius 3 is 2.75 bits per heavy atom. The number of nitrogen functional groups attached to an aromatic ring is 1. The number of fused-ring (bicyclic) bond motifs is 1. The number of hydrogen-bond donors (Lipinski definition) is 3. The zero-order chi connectivity index (χ0) is 22.1. The van der Waals surface area contributed by atoms with Crippen molar-refractivity contribution in [2.45, 2.75) is 28.7 Å². The van der Waals surface area contributed by atoms with Crippen LogP contribution in [0.3, 0.4) is 0 Å². The highest BCUT2D eigenvalue weighted by molar-refractivity contribution is 8.02. The molecule has 4 heterocycles. The zero-order valence-corrected chi connectivity index (χ0v) is 18.7. The highest BCUT2D eigenvalue weighted by Crippen LogP contribution is 2.48. The van der Waals surface area contributed by atoms with Crippen molar-refractivity contribution < 1.29 is 9.50 Å². The van der Waals surface area contributed by atoms with Gasteiger partial charge in [-0.15, -0.1) is 23.1 Å². The normalized spacial score (nSPS) is 13.9. The highest BCUT2D eigenvalue weighted by Gasteiger charge is 2.25. The van der Waals surface area contributed by atoms with E-state index in [4.69, 9.17) is 15.8 Å². The SMILES string of the molecule is Nc1c(SC2CCC2)sc2nc(-c3cnc(NCCO)nc3)cc(-c3ncccc3F)c12. The van der Waals surface area contributed by atoms with Gasteiger partial charge < -0.3 is 16.2 Å². The van der Waals surface area contributed by atoms with Crippen LogP contribution in [0.25, 0.3) is 32.7 Å². The van der Waals surface area contributed by atoms with E-state index in [1.807, 2.05) is 0 Å². The molecule has 0 atom stereocenters. The Morgan fingerprint density at radius 1 is 1.25 bits per heavy atom. The summed E-state index contributed by atoms with van der Waals surface area (Å²) in [6.07, 6.45) is 8.50. The van der Waals surface area contributed by atoms with Crippen molar-refractivity contribution in [3.63, 3.8) is 0 Å². The summed E-state index contributed by atoms with van der Waals surface area (Å²) in [6.45, 7) is 0.353. The molecule has 0 aliphatic heterocycles. The Bertz CT molecular complexity index is 1260. The summed E-state index contributed by atoms with van der Waals surface area (Å²) >= 11 is 3.32. The van der Waals surface area contributed by atoms with E-state index < -0.39 is 5.82 Å². The molecule has 0 amide bonds. The van der Waals surface area contributed by atoms with E-state index in [0.717, 1.165) is 14.4 Å². The largest absolute Gasteiger partial charge is 0.397 e. The number of aliphatic hydroxyl groups is 1. The molecular weight excluding hydrogens is 447 g/mol. The number of aliphatic hydroxyl groups excluding tert-OH is 1. The van der Waals surface area contributed by atoms with Crippen molar-refractivity contribution in [3.05, 3.63) is 42.6 Å². The third-order valence-corrected chi connectivity index (χ3v) is 8.02. The second-order valence-corrected chi connectivity index (χ2v) is 10.1. The van der Waals surface area contributed by atoms with Gasteiger partial charge in [-0.3, -0.25) is 4.98 Å². The molecule has 4 N–H and O–H groups in total. The molecule has 10 heteroatoms. The Kier molecular flexibility index (Phi) is 5.90. The Hall–Kier alpha value is -2.82. The number of thiophene rings is 1. The Labute approximate surface area is 192 Å². The average Bonchev–Trinajstić information content (AvgIpc) is 3.10. The van der Waals surface area contributed by atoms with Gasteiger partial charge in [0, 0.05) is 46.9 Å². The molecule has 0 saturated heterocycles. The lowest BCUT2D eigenvalue weighted by Crippen LogP contribution is -2.12. The molecule has 0 unspecified atom stereocenters. The summed E-state index contributed by atoms with van der Waals surface area (Å²) in [6, 6.07) is 4.76. The average molecular weight is 469 g/mol. The Morgan fingerprint density at radius 2 is 2.06 bits per heavy atom. The second kappa shape index (κ2) is 8.97. The molecule has 164 valence electrons. The molecule has 1 fully saturated rings. The predicted molar refractivity (Wildman–Crippen MR) is 127 cm³/mol. The second-order valence-electron chi connectivity index (χ2n) is 7.49. The van der Waals surface area contributed by atoms with Crippen LogP contribution in [0.15, 0.2) is 41.0 Å². The fourth-order valence-corrected chi connectivity index (χ4v) is 6.26. The first kappa shape index (κ1) is 21.0. The van der Waals surface area contributed by atoms with Gasteiger partial charge in [0.25, 0.3) is 0 Å². The van der Waals surface area contributed by atoms with E-state index in [1.54, 1.807) is 42.5 Å². The van der Waals surface area contributed by atoms with E-state index in [2.05, 4.69) is 20.3 Å². The number of nitrogens with two attached hydrogens (primary N) is 1. The molecule has 4 aromatic rings. The minimum absolute atomic E-state index is 0.0106. The number of hydrogen-bond acceptors (Lipinski definition) is 9. The number of thioether (sulfide) groups is 1. The molecule has 5 rings (SSSR count). The number of rotatable bonds is 7. The molecule has 0 aromatic carbocycles. The van der Waals surface area contributed by atoms with Gasteiger partial charge in [-0.1, -0.05) is 6.42 Å². The Balaban J connectivity index is 1.63. The van der Waals surface area contributed by atoms with Crippen molar-refractivity contribution in [3.8, 4) is 22.5 Å². The van der Waals surface area contributed by atoms with Crippen LogP contribution in [0, 0.1) is 5.82 Å². The maximum absolute atomic E-state index is 14.7. The smallest absolute Gasteiger partial charge is 0.222 e. The maximum Gasteiger partial charge on any atom is 0.222 e. The van der Waals surface area contributed by atoms with Gasteiger partial charge in [-0.2, -0.15) is 0 Å². The van der Waals surface area contributed by atoms with Crippen molar-refractivity contribution >= 4 is 45.0 Å². The van der Waals surface area contributed by atoms with Gasteiger partial charge in [0.05, 0.1) is 22.2 Å². The van der Waals surface area contributed by atoms with E-state index in [0.29, 0.717) is 40.3 Å². The monoisotopic (exact) mass is 468 g/mol. The summed E-state index contributed by atoms with van der Waals surface area (Å²) < 4.78 is 15.8. The fraction of sp³-hybridized carbons (Fsp3) is 0.273. The first-order valence-corrected chi connectivity index (χ1v) is 12.0. The minimum atomic E-state index is -0.412. The van der Waals surface area contributed by atoms with Gasteiger partial charge in [-0.25, -0.2) is 19.3 Å². The summed E-state index contributed by atoms with van der Waals surface area (Å²) in [5.74, 6) is 0.00368. The first-order valence-electron chi connectivity index (χ1n) is 10.3. The molecule has 0 radical (unpaired) electrons. The zero-order valence-electron chi connectivity index (χ0n) is 17.1. The van der Waals surface area contributed by atoms with Crippen molar-refractivity contribution in [1.29, 1.82) is 0 Å². The molecule has 0 spiro atoms. The summed E-state index contributed by atoms with van der Waals surface area (Å²) in [5, 5.41) is 13.2. The number of aromatic nitrogens is 4. The van der Waals surface area contributed by atoms with Gasteiger partial charge in [0.1, 0.15) is 16.3 Å². The summed E-state index contributed by atoms with van der Waals surface area (Å²) in [5.41, 5.74) is 9.36. The van der Waals surface area contributed by atoms with Crippen LogP contribution in [0.4, 0.5) is 16.0 Å². The summed E-state index contributed by atoms with van der Waals surface area (Å²) in [4.78, 5) is 18.4. The van der Waals surface area contributed by atoms with E-state index in [-0.39, 0.29) is 12.3 Å².